The summed E-state index contributed by atoms with van der Waals surface area (Å²) in [6.07, 6.45) is 6.79. The number of pyridine rings is 1. The second kappa shape index (κ2) is 3.07. The van der Waals surface area contributed by atoms with Crippen LogP contribution >= 0.6 is 0 Å². The fraction of sp³-hybridized carbons (Fsp3) is 0.222. The van der Waals surface area contributed by atoms with E-state index < -0.39 is 0 Å². The lowest BCUT2D eigenvalue weighted by Gasteiger charge is -2.02. The molecule has 0 N–H and O–H groups in total. The molecule has 0 saturated carbocycles. The normalized spacial score (nSPS) is 8.82. The summed E-state index contributed by atoms with van der Waals surface area (Å²) in [5.41, 5.74) is 1.65. The highest BCUT2D eigenvalue weighted by atomic mass is 16.5. The van der Waals surface area contributed by atoms with Crippen molar-refractivity contribution in [2.24, 2.45) is 0 Å². The minimum Gasteiger partial charge on any atom is -0.495 e. The Labute approximate surface area is 66.2 Å². The number of terminal acetylenes is 1. The Hall–Kier alpha value is -1.49. The summed E-state index contributed by atoms with van der Waals surface area (Å²) in [5.74, 6) is 3.22. The van der Waals surface area contributed by atoms with Crippen molar-refractivity contribution in [2.75, 3.05) is 7.11 Å². The zero-order valence-corrected chi connectivity index (χ0v) is 6.59. The van der Waals surface area contributed by atoms with Crippen LogP contribution < -0.4 is 4.74 Å². The number of ether oxygens (including phenoxy) is 1. The minimum atomic E-state index is 0.642. The molecule has 2 nitrogen and oxygen atoms in total. The number of aromatic nitrogens is 1. The molecule has 1 aromatic rings. The van der Waals surface area contributed by atoms with Crippen LogP contribution in [0.25, 0.3) is 0 Å². The summed E-state index contributed by atoms with van der Waals surface area (Å²) in [6, 6.07) is 1.82. The van der Waals surface area contributed by atoms with Gasteiger partial charge in [-0.05, 0) is 18.6 Å². The van der Waals surface area contributed by atoms with Gasteiger partial charge in [0, 0.05) is 0 Å². The van der Waals surface area contributed by atoms with Crippen LogP contribution in [0.3, 0.4) is 0 Å². The molecule has 2 heteroatoms. The Morgan fingerprint density at radius 3 is 2.82 bits per heavy atom. The number of aryl methyl sites for hydroxylation is 1. The number of hydrogen-bond donors (Lipinski definition) is 0. The van der Waals surface area contributed by atoms with E-state index in [1.165, 1.54) is 0 Å². The van der Waals surface area contributed by atoms with Crippen LogP contribution in [0.5, 0.6) is 5.75 Å². The van der Waals surface area contributed by atoms with Crippen LogP contribution in [0.4, 0.5) is 0 Å². The molecular formula is C9H9NO. The van der Waals surface area contributed by atoms with Gasteiger partial charge in [-0.25, -0.2) is 4.98 Å². The summed E-state index contributed by atoms with van der Waals surface area (Å²) in [5, 5.41) is 0. The molecule has 0 aliphatic carbocycles. The predicted molar refractivity (Wildman–Crippen MR) is 43.5 cm³/mol. The van der Waals surface area contributed by atoms with E-state index in [0.29, 0.717) is 5.69 Å². The highest BCUT2D eigenvalue weighted by molar-refractivity contribution is 5.36. The third kappa shape index (κ3) is 1.50. The Kier molecular flexibility index (Phi) is 2.12. The fourth-order valence-corrected chi connectivity index (χ4v) is 0.836. The van der Waals surface area contributed by atoms with Crippen LogP contribution in [0, 0.1) is 19.3 Å². The van der Waals surface area contributed by atoms with Gasteiger partial charge in [0.05, 0.1) is 13.3 Å². The SMILES string of the molecule is C#Cc1cc(C)c(OC)cn1. The number of rotatable bonds is 1. The van der Waals surface area contributed by atoms with Gasteiger partial charge in [-0.3, -0.25) is 0 Å². The monoisotopic (exact) mass is 147 g/mol. The van der Waals surface area contributed by atoms with Crippen LogP contribution in [0.1, 0.15) is 11.3 Å². The van der Waals surface area contributed by atoms with Gasteiger partial charge >= 0.3 is 0 Å². The van der Waals surface area contributed by atoms with Gasteiger partial charge in [0.25, 0.3) is 0 Å². The average Bonchev–Trinajstić information content (AvgIpc) is 2.04. The third-order valence-electron chi connectivity index (χ3n) is 1.43. The van der Waals surface area contributed by atoms with Crippen molar-refractivity contribution in [1.82, 2.24) is 4.98 Å². The lowest BCUT2D eigenvalue weighted by molar-refractivity contribution is 0.409. The Bertz CT molecular complexity index is 299. The molecule has 56 valence electrons. The standard InChI is InChI=1S/C9H9NO/c1-4-8-5-7(2)9(11-3)6-10-8/h1,5-6H,2-3H3. The topological polar surface area (TPSA) is 22.1 Å². The molecule has 0 spiro atoms. The largest absolute Gasteiger partial charge is 0.495 e. The fourth-order valence-electron chi connectivity index (χ4n) is 0.836. The van der Waals surface area contributed by atoms with Crippen molar-refractivity contribution in [3.63, 3.8) is 0 Å². The van der Waals surface area contributed by atoms with Crippen LogP contribution in [0.2, 0.25) is 0 Å². The van der Waals surface area contributed by atoms with E-state index in [2.05, 4.69) is 10.9 Å². The number of hydrogen-bond acceptors (Lipinski definition) is 2. The van der Waals surface area contributed by atoms with E-state index in [9.17, 15) is 0 Å². The maximum absolute atomic E-state index is 5.16. The van der Waals surface area contributed by atoms with Crippen LogP contribution in [0.15, 0.2) is 12.3 Å². The van der Waals surface area contributed by atoms with Crippen molar-refractivity contribution < 1.29 is 4.74 Å². The number of methoxy groups -OCH3 is 1. The van der Waals surface area contributed by atoms with Gasteiger partial charge in [-0.2, -0.15) is 0 Å². The minimum absolute atomic E-state index is 0.642. The quantitative estimate of drug-likeness (QED) is 0.560. The zero-order chi connectivity index (χ0) is 8.27. The maximum Gasteiger partial charge on any atom is 0.140 e. The van der Waals surface area contributed by atoms with E-state index in [0.717, 1.165) is 11.3 Å². The Balaban J connectivity index is 3.12. The van der Waals surface area contributed by atoms with Gasteiger partial charge < -0.3 is 4.74 Å². The first kappa shape index (κ1) is 7.62. The van der Waals surface area contributed by atoms with E-state index in [4.69, 9.17) is 11.2 Å². The van der Waals surface area contributed by atoms with Gasteiger partial charge in [-0.15, -0.1) is 6.42 Å². The molecule has 0 bridgehead atoms. The van der Waals surface area contributed by atoms with E-state index in [1.54, 1.807) is 13.3 Å². The van der Waals surface area contributed by atoms with E-state index in [1.807, 2.05) is 13.0 Å². The van der Waals surface area contributed by atoms with Crippen LogP contribution in [-0.4, -0.2) is 12.1 Å². The molecule has 0 aliphatic heterocycles. The van der Waals surface area contributed by atoms with Crippen molar-refractivity contribution in [2.45, 2.75) is 6.92 Å². The molecule has 1 heterocycles. The second-order valence-corrected chi connectivity index (χ2v) is 2.18. The molecule has 0 saturated heterocycles. The van der Waals surface area contributed by atoms with Gasteiger partial charge in [-0.1, -0.05) is 5.92 Å². The molecule has 1 aromatic heterocycles. The first-order valence-electron chi connectivity index (χ1n) is 3.25. The average molecular weight is 147 g/mol. The summed E-state index contributed by atoms with van der Waals surface area (Å²) in [7, 11) is 1.61. The highest BCUT2D eigenvalue weighted by Gasteiger charge is 1.97. The van der Waals surface area contributed by atoms with Crippen molar-refractivity contribution in [3.8, 4) is 18.1 Å². The Morgan fingerprint density at radius 1 is 1.64 bits per heavy atom. The van der Waals surface area contributed by atoms with Crippen molar-refractivity contribution >= 4 is 0 Å². The predicted octanol–water partition coefficient (Wildman–Crippen LogP) is 1.38. The van der Waals surface area contributed by atoms with Crippen LogP contribution in [-0.2, 0) is 0 Å². The lowest BCUT2D eigenvalue weighted by atomic mass is 10.2. The zero-order valence-electron chi connectivity index (χ0n) is 6.59. The van der Waals surface area contributed by atoms with Gasteiger partial charge in [0.15, 0.2) is 0 Å². The van der Waals surface area contributed by atoms with Gasteiger partial charge in [0.1, 0.15) is 11.4 Å². The summed E-state index contributed by atoms with van der Waals surface area (Å²) < 4.78 is 5.01. The van der Waals surface area contributed by atoms with Crippen molar-refractivity contribution in [1.29, 1.82) is 0 Å². The van der Waals surface area contributed by atoms with Gasteiger partial charge in [0.2, 0.25) is 0 Å². The van der Waals surface area contributed by atoms with E-state index in [-0.39, 0.29) is 0 Å². The third-order valence-corrected chi connectivity index (χ3v) is 1.43. The summed E-state index contributed by atoms with van der Waals surface area (Å²) in [6.45, 7) is 1.93. The second-order valence-electron chi connectivity index (χ2n) is 2.18. The highest BCUT2D eigenvalue weighted by Crippen LogP contribution is 2.15. The molecule has 0 fully saturated rings. The first-order valence-corrected chi connectivity index (χ1v) is 3.25. The summed E-state index contributed by atoms with van der Waals surface area (Å²) >= 11 is 0. The van der Waals surface area contributed by atoms with Crippen molar-refractivity contribution in [3.05, 3.63) is 23.5 Å². The van der Waals surface area contributed by atoms with E-state index >= 15 is 0 Å². The molecule has 0 aromatic carbocycles. The molecular weight excluding hydrogens is 138 g/mol. The molecule has 0 unspecified atom stereocenters. The Morgan fingerprint density at radius 2 is 2.36 bits per heavy atom. The molecule has 0 amide bonds. The molecule has 0 atom stereocenters. The molecule has 0 aliphatic rings. The maximum atomic E-state index is 5.16. The molecule has 1 rings (SSSR count). The molecule has 11 heavy (non-hydrogen) atoms. The number of nitrogens with zero attached hydrogens (tertiary/aromatic N) is 1. The molecule has 0 radical (unpaired) electrons. The summed E-state index contributed by atoms with van der Waals surface area (Å²) in [4.78, 5) is 3.97. The lowest BCUT2D eigenvalue weighted by Crippen LogP contribution is -1.90. The smallest absolute Gasteiger partial charge is 0.140 e. The first-order chi connectivity index (χ1) is 5.27.